The van der Waals surface area contributed by atoms with Gasteiger partial charge in [0.2, 0.25) is 0 Å². The molecular formula is C19H21FN2O. The van der Waals surface area contributed by atoms with Crippen molar-refractivity contribution < 1.29 is 9.50 Å². The summed E-state index contributed by atoms with van der Waals surface area (Å²) in [5, 5.41) is 18.2. The Morgan fingerprint density at radius 1 is 1.17 bits per heavy atom. The second-order valence-corrected chi connectivity index (χ2v) is 5.67. The van der Waals surface area contributed by atoms with Crippen LogP contribution in [0.3, 0.4) is 0 Å². The molecule has 120 valence electrons. The maximum atomic E-state index is 14.1. The standard InChI is InChI=1S/C19H21FN2O/c1-15(9-10-23)22(13-16-5-3-2-4-6-16)14-18-11-17(12-21)7-8-19(18)20/h2-8,11,15,23H,9-10,13-14H2,1H3. The number of nitriles is 1. The van der Waals surface area contributed by atoms with Crippen LogP contribution in [-0.2, 0) is 13.1 Å². The summed E-state index contributed by atoms with van der Waals surface area (Å²) in [7, 11) is 0. The number of benzene rings is 2. The molecule has 0 aromatic heterocycles. The molecule has 0 saturated heterocycles. The van der Waals surface area contributed by atoms with Gasteiger partial charge in [-0.3, -0.25) is 4.90 Å². The molecule has 0 aliphatic rings. The molecule has 3 nitrogen and oxygen atoms in total. The molecule has 0 aliphatic carbocycles. The van der Waals surface area contributed by atoms with Gasteiger partial charge in [-0.15, -0.1) is 0 Å². The van der Waals surface area contributed by atoms with Gasteiger partial charge in [-0.2, -0.15) is 5.26 Å². The van der Waals surface area contributed by atoms with E-state index in [0.29, 0.717) is 30.6 Å². The van der Waals surface area contributed by atoms with Gasteiger partial charge in [0.25, 0.3) is 0 Å². The van der Waals surface area contributed by atoms with Crippen LogP contribution >= 0.6 is 0 Å². The molecule has 0 radical (unpaired) electrons. The van der Waals surface area contributed by atoms with Gasteiger partial charge >= 0.3 is 0 Å². The highest BCUT2D eigenvalue weighted by Crippen LogP contribution is 2.18. The summed E-state index contributed by atoms with van der Waals surface area (Å²) < 4.78 is 14.1. The second-order valence-electron chi connectivity index (χ2n) is 5.67. The lowest BCUT2D eigenvalue weighted by Gasteiger charge is -2.29. The number of aliphatic hydroxyl groups excluding tert-OH is 1. The van der Waals surface area contributed by atoms with Crippen LogP contribution in [0, 0.1) is 17.1 Å². The van der Waals surface area contributed by atoms with Crippen molar-refractivity contribution in [3.63, 3.8) is 0 Å². The van der Waals surface area contributed by atoms with Gasteiger partial charge in [-0.1, -0.05) is 30.3 Å². The maximum absolute atomic E-state index is 14.1. The number of rotatable bonds is 7. The SMILES string of the molecule is CC(CCO)N(Cc1ccccc1)Cc1cc(C#N)ccc1F. The molecule has 1 unspecified atom stereocenters. The number of hydrogen-bond donors (Lipinski definition) is 1. The number of halogens is 1. The van der Waals surface area contributed by atoms with Crippen LogP contribution in [0.15, 0.2) is 48.5 Å². The number of hydrogen-bond acceptors (Lipinski definition) is 3. The summed E-state index contributed by atoms with van der Waals surface area (Å²) in [5.41, 5.74) is 2.09. The quantitative estimate of drug-likeness (QED) is 0.851. The van der Waals surface area contributed by atoms with Crippen LogP contribution in [0.2, 0.25) is 0 Å². The van der Waals surface area contributed by atoms with Gasteiger partial charge in [-0.05, 0) is 37.1 Å². The zero-order chi connectivity index (χ0) is 16.7. The highest BCUT2D eigenvalue weighted by molar-refractivity contribution is 5.33. The maximum Gasteiger partial charge on any atom is 0.127 e. The summed E-state index contributed by atoms with van der Waals surface area (Å²) in [6, 6.07) is 16.5. The molecule has 1 N–H and O–H groups in total. The fourth-order valence-electron chi connectivity index (χ4n) is 2.54. The minimum atomic E-state index is -0.307. The molecule has 0 amide bonds. The van der Waals surface area contributed by atoms with Crippen LogP contribution in [0.25, 0.3) is 0 Å². The topological polar surface area (TPSA) is 47.3 Å². The van der Waals surface area contributed by atoms with E-state index in [2.05, 4.69) is 4.90 Å². The first kappa shape index (κ1) is 17.1. The van der Waals surface area contributed by atoms with Crippen molar-refractivity contribution in [1.82, 2.24) is 4.90 Å². The summed E-state index contributed by atoms with van der Waals surface area (Å²) in [6.07, 6.45) is 0.617. The minimum absolute atomic E-state index is 0.0905. The van der Waals surface area contributed by atoms with Gasteiger partial charge in [-0.25, -0.2) is 4.39 Å². The van der Waals surface area contributed by atoms with Crippen molar-refractivity contribution in [2.24, 2.45) is 0 Å². The van der Waals surface area contributed by atoms with Crippen LogP contribution in [0.1, 0.15) is 30.0 Å². The van der Waals surface area contributed by atoms with E-state index < -0.39 is 0 Å². The van der Waals surface area contributed by atoms with E-state index in [4.69, 9.17) is 5.26 Å². The lowest BCUT2D eigenvalue weighted by Crippen LogP contribution is -2.33. The van der Waals surface area contributed by atoms with Crippen LogP contribution < -0.4 is 0 Å². The molecule has 0 aliphatic heterocycles. The smallest absolute Gasteiger partial charge is 0.127 e. The predicted octanol–water partition coefficient (Wildman–Crippen LogP) is 3.47. The number of aliphatic hydroxyl groups is 1. The van der Waals surface area contributed by atoms with Crippen molar-refractivity contribution in [1.29, 1.82) is 5.26 Å². The van der Waals surface area contributed by atoms with E-state index in [1.54, 1.807) is 6.07 Å². The summed E-state index contributed by atoms with van der Waals surface area (Å²) in [4.78, 5) is 2.12. The Morgan fingerprint density at radius 3 is 2.57 bits per heavy atom. The lowest BCUT2D eigenvalue weighted by molar-refractivity contribution is 0.152. The van der Waals surface area contributed by atoms with Gasteiger partial charge in [0.15, 0.2) is 0 Å². The van der Waals surface area contributed by atoms with Crippen LogP contribution in [0.5, 0.6) is 0 Å². The van der Waals surface area contributed by atoms with Gasteiger partial charge in [0, 0.05) is 31.3 Å². The molecule has 23 heavy (non-hydrogen) atoms. The third-order valence-corrected chi connectivity index (χ3v) is 3.95. The van der Waals surface area contributed by atoms with Gasteiger partial charge < -0.3 is 5.11 Å². The highest BCUT2D eigenvalue weighted by Gasteiger charge is 2.16. The predicted molar refractivity (Wildman–Crippen MR) is 88.0 cm³/mol. The zero-order valence-corrected chi connectivity index (χ0v) is 13.2. The van der Waals surface area contributed by atoms with E-state index in [1.165, 1.54) is 12.1 Å². The molecule has 4 heteroatoms. The summed E-state index contributed by atoms with van der Waals surface area (Å²) in [5.74, 6) is -0.307. The fourth-order valence-corrected chi connectivity index (χ4v) is 2.54. The molecular weight excluding hydrogens is 291 g/mol. The Labute approximate surface area is 136 Å². The first-order valence-corrected chi connectivity index (χ1v) is 7.71. The highest BCUT2D eigenvalue weighted by atomic mass is 19.1. The second kappa shape index (κ2) is 8.42. The van der Waals surface area contributed by atoms with Crippen molar-refractivity contribution in [2.75, 3.05) is 6.61 Å². The van der Waals surface area contributed by atoms with Gasteiger partial charge in [0.05, 0.1) is 11.6 Å². The Kier molecular flexibility index (Phi) is 6.28. The van der Waals surface area contributed by atoms with E-state index >= 15 is 0 Å². The molecule has 2 aromatic carbocycles. The third-order valence-electron chi connectivity index (χ3n) is 3.95. The van der Waals surface area contributed by atoms with Crippen molar-refractivity contribution in [3.8, 4) is 6.07 Å². The first-order chi connectivity index (χ1) is 11.1. The Bertz CT molecular complexity index is 667. The molecule has 1 atom stereocenters. The number of nitrogens with zero attached hydrogens (tertiary/aromatic N) is 2. The van der Waals surface area contributed by atoms with E-state index in [9.17, 15) is 9.50 Å². The van der Waals surface area contributed by atoms with Crippen molar-refractivity contribution in [2.45, 2.75) is 32.5 Å². The molecule has 0 bridgehead atoms. The molecule has 2 aromatic rings. The van der Waals surface area contributed by atoms with Crippen molar-refractivity contribution in [3.05, 3.63) is 71.0 Å². The Morgan fingerprint density at radius 2 is 1.91 bits per heavy atom. The minimum Gasteiger partial charge on any atom is -0.396 e. The summed E-state index contributed by atoms with van der Waals surface area (Å²) >= 11 is 0. The van der Waals surface area contributed by atoms with E-state index in [1.807, 2.05) is 43.3 Å². The van der Waals surface area contributed by atoms with Crippen LogP contribution in [-0.4, -0.2) is 22.7 Å². The monoisotopic (exact) mass is 312 g/mol. The van der Waals surface area contributed by atoms with Gasteiger partial charge in [0.1, 0.15) is 5.82 Å². The fraction of sp³-hybridized carbons (Fsp3) is 0.316. The summed E-state index contributed by atoms with van der Waals surface area (Å²) in [6.45, 7) is 3.17. The van der Waals surface area contributed by atoms with E-state index in [0.717, 1.165) is 5.56 Å². The molecule has 0 spiro atoms. The van der Waals surface area contributed by atoms with Crippen molar-refractivity contribution >= 4 is 0 Å². The molecule has 0 saturated carbocycles. The third kappa shape index (κ3) is 4.88. The first-order valence-electron chi connectivity index (χ1n) is 7.71. The Hall–Kier alpha value is -2.22. The van der Waals surface area contributed by atoms with E-state index in [-0.39, 0.29) is 18.5 Å². The normalized spacial score (nSPS) is 12.1. The largest absolute Gasteiger partial charge is 0.396 e. The average molecular weight is 312 g/mol. The average Bonchev–Trinajstić information content (AvgIpc) is 2.57. The zero-order valence-electron chi connectivity index (χ0n) is 13.2. The lowest BCUT2D eigenvalue weighted by atomic mass is 10.1. The molecule has 2 rings (SSSR count). The molecule has 0 heterocycles. The Balaban J connectivity index is 2.22. The molecule has 0 fully saturated rings. The van der Waals surface area contributed by atoms with Crippen LogP contribution in [0.4, 0.5) is 4.39 Å².